The van der Waals surface area contributed by atoms with Gasteiger partial charge in [-0.2, -0.15) is 0 Å². The van der Waals surface area contributed by atoms with Gasteiger partial charge in [-0.05, 0) is 97.1 Å². The summed E-state index contributed by atoms with van der Waals surface area (Å²) in [4.78, 5) is 23.6. The fraction of sp³-hybridized carbons (Fsp3) is 0. The number of fused-ring (bicyclic) bond motifs is 8. The van der Waals surface area contributed by atoms with Gasteiger partial charge in [0.05, 0.1) is 22.8 Å². The van der Waals surface area contributed by atoms with Crippen molar-refractivity contribution >= 4 is 46.4 Å². The zero-order chi connectivity index (χ0) is 24.4. The minimum atomic E-state index is 0.939. The fourth-order valence-corrected chi connectivity index (χ4v) is 3.57. The van der Waals surface area contributed by atoms with Gasteiger partial charge in [0.1, 0.15) is 0 Å². The van der Waals surface area contributed by atoms with Crippen LogP contribution in [-0.4, -0.2) is 29.9 Å². The minimum absolute atomic E-state index is 0.939. The van der Waals surface area contributed by atoms with Gasteiger partial charge in [-0.15, -0.1) is 0 Å². The molecule has 8 bridgehead atoms. The summed E-state index contributed by atoms with van der Waals surface area (Å²) < 4.78 is 0. The number of nitrogens with one attached hydrogen (secondary N) is 2. The first kappa shape index (κ1) is 22.7. The Morgan fingerprint density at radius 3 is 0.917 bits per heavy atom. The lowest BCUT2D eigenvalue weighted by Crippen LogP contribution is -1.75. The van der Waals surface area contributed by atoms with Gasteiger partial charge in [-0.1, -0.05) is 12.1 Å². The highest BCUT2D eigenvalue weighted by Crippen LogP contribution is 2.16. The predicted octanol–water partition coefficient (Wildman–Crippen LogP) is 6.82. The summed E-state index contributed by atoms with van der Waals surface area (Å²) in [6.07, 6.45) is 15.1. The molecule has 0 saturated heterocycles. The van der Waals surface area contributed by atoms with Crippen molar-refractivity contribution in [2.24, 2.45) is 0 Å². The number of rotatable bonds is 0. The summed E-state index contributed by atoms with van der Waals surface area (Å²) in [6.45, 7) is 0. The van der Waals surface area contributed by atoms with E-state index in [1.165, 1.54) is 0 Å². The van der Waals surface area contributed by atoms with E-state index in [2.05, 4.69) is 54.2 Å². The number of H-pyrrole nitrogens is 2. The maximum Gasteiger partial charge on any atom is 0.0658 e. The van der Waals surface area contributed by atoms with Crippen LogP contribution in [0.3, 0.4) is 0 Å². The van der Waals surface area contributed by atoms with Crippen LogP contribution in [0.4, 0.5) is 0 Å². The highest BCUT2D eigenvalue weighted by molar-refractivity contribution is 5.77. The van der Waals surface area contributed by atoms with E-state index in [1.807, 2.05) is 85.0 Å². The average Bonchev–Trinajstić information content (AvgIpc) is 3.74. The molecule has 0 saturated carbocycles. The fourth-order valence-electron chi connectivity index (χ4n) is 3.57. The van der Waals surface area contributed by atoms with Crippen LogP contribution >= 0.6 is 0 Å². The first-order valence-electron chi connectivity index (χ1n) is 11.5. The van der Waals surface area contributed by atoms with E-state index in [0.717, 1.165) is 44.8 Å². The Labute approximate surface area is 208 Å². The molecule has 36 heavy (non-hydrogen) atoms. The Balaban J connectivity index is 0.000000182. The van der Waals surface area contributed by atoms with Crippen molar-refractivity contribution in [2.75, 3.05) is 0 Å². The third-order valence-corrected chi connectivity index (χ3v) is 5.17. The maximum absolute atomic E-state index is 4.63. The standard InChI is InChI=1S/C20H14N4.2C5H5N/c1-2-14-10-16-5-6-18(23-16)12-20-8-7-19(24-20)11-17-4-3-15(22-17)9-13(1)21-14;2*1-2-4-6-5-3-1/h1-12,21,24H;2*1-5H. The molecule has 0 spiro atoms. The van der Waals surface area contributed by atoms with E-state index in [-0.39, 0.29) is 0 Å². The molecule has 7 rings (SSSR count). The molecule has 0 aliphatic carbocycles. The molecule has 6 nitrogen and oxygen atoms in total. The van der Waals surface area contributed by atoms with Crippen molar-refractivity contribution in [1.82, 2.24) is 29.9 Å². The van der Waals surface area contributed by atoms with Crippen LogP contribution in [-0.2, 0) is 0 Å². The second-order valence-electron chi connectivity index (χ2n) is 7.95. The zero-order valence-electron chi connectivity index (χ0n) is 19.5. The quantitative estimate of drug-likeness (QED) is 0.256. The van der Waals surface area contributed by atoms with Crippen LogP contribution in [0.25, 0.3) is 46.4 Å². The molecule has 0 atom stereocenters. The molecule has 0 fully saturated rings. The molecule has 5 aromatic rings. The summed E-state index contributed by atoms with van der Waals surface area (Å²) in [6, 6.07) is 27.8. The number of hydrogen-bond acceptors (Lipinski definition) is 4. The monoisotopic (exact) mass is 468 g/mol. The Bertz CT molecular complexity index is 1370. The van der Waals surface area contributed by atoms with Crippen molar-refractivity contribution < 1.29 is 0 Å². The highest BCUT2D eigenvalue weighted by atomic mass is 14.8. The largest absolute Gasteiger partial charge is 0.355 e. The van der Waals surface area contributed by atoms with Crippen LogP contribution in [0.15, 0.2) is 110 Å². The van der Waals surface area contributed by atoms with Crippen LogP contribution in [0.5, 0.6) is 0 Å². The molecule has 7 heterocycles. The van der Waals surface area contributed by atoms with E-state index in [0.29, 0.717) is 0 Å². The van der Waals surface area contributed by atoms with E-state index in [1.54, 1.807) is 24.8 Å². The average molecular weight is 469 g/mol. The topological polar surface area (TPSA) is 83.1 Å². The molecule has 2 N–H and O–H groups in total. The van der Waals surface area contributed by atoms with Gasteiger partial charge in [0, 0.05) is 46.9 Å². The first-order chi connectivity index (χ1) is 17.8. The van der Waals surface area contributed by atoms with Crippen LogP contribution in [0.1, 0.15) is 22.8 Å². The molecule has 0 radical (unpaired) electrons. The van der Waals surface area contributed by atoms with Gasteiger partial charge in [0.2, 0.25) is 0 Å². The predicted molar refractivity (Wildman–Crippen MR) is 147 cm³/mol. The SMILES string of the molecule is C1=Cc2cc3ccc(cc4nc(cc5ccc(cc1n2)[nH]5)C=C4)[nH]3.c1ccncc1.c1ccncc1. The smallest absolute Gasteiger partial charge is 0.0658 e. The lowest BCUT2D eigenvalue weighted by molar-refractivity contribution is 1.31. The number of hydrogen-bond donors (Lipinski definition) is 2. The van der Waals surface area contributed by atoms with E-state index >= 15 is 0 Å². The molecule has 174 valence electrons. The van der Waals surface area contributed by atoms with Gasteiger partial charge in [-0.25, -0.2) is 9.97 Å². The lowest BCUT2D eigenvalue weighted by atomic mass is 10.3. The molecule has 2 aliphatic rings. The highest BCUT2D eigenvalue weighted by Gasteiger charge is 2.01. The van der Waals surface area contributed by atoms with Crippen molar-refractivity contribution in [3.63, 3.8) is 0 Å². The lowest BCUT2D eigenvalue weighted by Gasteiger charge is -1.85. The van der Waals surface area contributed by atoms with Gasteiger partial charge in [-0.3, -0.25) is 9.97 Å². The summed E-state index contributed by atoms with van der Waals surface area (Å²) in [5.74, 6) is 0. The number of aromatic amines is 2. The van der Waals surface area contributed by atoms with Crippen molar-refractivity contribution in [1.29, 1.82) is 0 Å². The zero-order valence-corrected chi connectivity index (χ0v) is 19.5. The molecular weight excluding hydrogens is 444 g/mol. The second kappa shape index (κ2) is 11.4. The third-order valence-electron chi connectivity index (χ3n) is 5.17. The van der Waals surface area contributed by atoms with Crippen LogP contribution < -0.4 is 0 Å². The first-order valence-corrected chi connectivity index (χ1v) is 11.5. The Hall–Kier alpha value is -5.10. The van der Waals surface area contributed by atoms with E-state index < -0.39 is 0 Å². The van der Waals surface area contributed by atoms with Crippen molar-refractivity contribution in [3.05, 3.63) is 132 Å². The van der Waals surface area contributed by atoms with Crippen molar-refractivity contribution in [2.45, 2.75) is 0 Å². The third kappa shape index (κ3) is 6.48. The Morgan fingerprint density at radius 1 is 0.389 bits per heavy atom. The Morgan fingerprint density at radius 2 is 0.694 bits per heavy atom. The van der Waals surface area contributed by atoms with Crippen LogP contribution in [0.2, 0.25) is 0 Å². The minimum Gasteiger partial charge on any atom is -0.355 e. The molecule has 5 aromatic heterocycles. The maximum atomic E-state index is 4.63. The van der Waals surface area contributed by atoms with Gasteiger partial charge in [0.15, 0.2) is 0 Å². The summed E-state index contributed by atoms with van der Waals surface area (Å²) >= 11 is 0. The number of aromatic nitrogens is 6. The molecule has 0 unspecified atom stereocenters. The van der Waals surface area contributed by atoms with E-state index in [9.17, 15) is 0 Å². The van der Waals surface area contributed by atoms with Gasteiger partial charge in [0.25, 0.3) is 0 Å². The molecule has 6 heteroatoms. The van der Waals surface area contributed by atoms with E-state index in [4.69, 9.17) is 0 Å². The number of nitrogens with zero attached hydrogens (tertiary/aromatic N) is 4. The summed E-state index contributed by atoms with van der Waals surface area (Å²) in [7, 11) is 0. The second-order valence-corrected chi connectivity index (χ2v) is 7.95. The Kier molecular flexibility index (Phi) is 7.15. The summed E-state index contributed by atoms with van der Waals surface area (Å²) in [5.41, 5.74) is 7.86. The van der Waals surface area contributed by atoms with Gasteiger partial charge >= 0.3 is 0 Å². The van der Waals surface area contributed by atoms with Gasteiger partial charge < -0.3 is 9.97 Å². The normalized spacial score (nSPS) is 11.1. The molecule has 2 aliphatic heterocycles. The molecule has 0 amide bonds. The molecular formula is C30H24N6. The van der Waals surface area contributed by atoms with Crippen LogP contribution in [0, 0.1) is 0 Å². The number of pyridine rings is 2. The molecule has 0 aromatic carbocycles. The summed E-state index contributed by atoms with van der Waals surface area (Å²) in [5, 5.41) is 0. The van der Waals surface area contributed by atoms with Crippen molar-refractivity contribution in [3.8, 4) is 0 Å².